The fraction of sp³-hybridized carbons (Fsp3) is 0.360. The molecule has 2 aliphatic rings. The SMILES string of the molecule is O=c1[nH]c2cc3c(cc2cc1[C@H](c1nnnn1Cc1ccc(F)cc1)N1CCCCC1)OCCO3. The van der Waals surface area contributed by atoms with Crippen LogP contribution in [0.1, 0.15) is 42.3 Å². The maximum atomic E-state index is 13.4. The third-order valence-electron chi connectivity index (χ3n) is 6.64. The third-order valence-corrected chi connectivity index (χ3v) is 6.64. The number of halogens is 1. The summed E-state index contributed by atoms with van der Waals surface area (Å²) in [6, 6.07) is 11.5. The number of hydrogen-bond donors (Lipinski definition) is 1. The lowest BCUT2D eigenvalue weighted by atomic mass is 10.00. The molecule has 35 heavy (non-hydrogen) atoms. The first-order valence-electron chi connectivity index (χ1n) is 11.9. The number of pyridine rings is 1. The number of aromatic nitrogens is 5. The number of hydrogen-bond acceptors (Lipinski definition) is 7. The lowest BCUT2D eigenvalue weighted by molar-refractivity contribution is 0.172. The fourth-order valence-corrected chi connectivity index (χ4v) is 4.92. The highest BCUT2D eigenvalue weighted by atomic mass is 19.1. The number of tetrazole rings is 1. The van der Waals surface area contributed by atoms with E-state index in [0.29, 0.717) is 48.2 Å². The van der Waals surface area contributed by atoms with E-state index in [-0.39, 0.29) is 11.4 Å². The van der Waals surface area contributed by atoms with Crippen molar-refractivity contribution in [2.45, 2.75) is 31.8 Å². The van der Waals surface area contributed by atoms with E-state index in [1.165, 1.54) is 12.1 Å². The molecule has 1 fully saturated rings. The van der Waals surface area contributed by atoms with Gasteiger partial charge in [0, 0.05) is 17.0 Å². The number of ether oxygens (including phenoxy) is 2. The smallest absolute Gasteiger partial charge is 0.253 e. The second-order valence-electron chi connectivity index (χ2n) is 8.96. The zero-order valence-electron chi connectivity index (χ0n) is 19.1. The first-order chi connectivity index (χ1) is 17.2. The highest BCUT2D eigenvalue weighted by Crippen LogP contribution is 2.35. The van der Waals surface area contributed by atoms with E-state index in [1.807, 2.05) is 18.2 Å². The maximum Gasteiger partial charge on any atom is 0.253 e. The van der Waals surface area contributed by atoms with Gasteiger partial charge < -0.3 is 14.5 Å². The number of H-pyrrole nitrogens is 1. The Labute approximate surface area is 200 Å². The van der Waals surface area contributed by atoms with Crippen molar-refractivity contribution in [3.63, 3.8) is 0 Å². The molecule has 4 aromatic rings. The average Bonchev–Trinajstić information content (AvgIpc) is 3.33. The highest BCUT2D eigenvalue weighted by molar-refractivity contribution is 5.83. The number of rotatable bonds is 5. The largest absolute Gasteiger partial charge is 0.486 e. The van der Waals surface area contributed by atoms with Gasteiger partial charge in [-0.3, -0.25) is 9.69 Å². The van der Waals surface area contributed by atoms with Gasteiger partial charge in [-0.1, -0.05) is 18.6 Å². The molecule has 1 atom stereocenters. The summed E-state index contributed by atoms with van der Waals surface area (Å²) in [6.07, 6.45) is 3.24. The Balaban J connectivity index is 1.45. The van der Waals surface area contributed by atoms with Crippen molar-refractivity contribution >= 4 is 10.9 Å². The first-order valence-corrected chi connectivity index (χ1v) is 11.9. The molecule has 180 valence electrons. The molecule has 4 heterocycles. The molecule has 9 nitrogen and oxygen atoms in total. The molecule has 2 aromatic carbocycles. The van der Waals surface area contributed by atoms with Gasteiger partial charge in [0.2, 0.25) is 0 Å². The van der Waals surface area contributed by atoms with Gasteiger partial charge in [0.05, 0.1) is 12.1 Å². The zero-order chi connectivity index (χ0) is 23.8. The predicted molar refractivity (Wildman–Crippen MR) is 126 cm³/mol. The molecule has 10 heteroatoms. The molecular formula is C25H25FN6O3. The van der Waals surface area contributed by atoms with Crippen molar-refractivity contribution in [1.82, 2.24) is 30.1 Å². The van der Waals surface area contributed by atoms with Crippen LogP contribution in [0, 0.1) is 5.82 Å². The first kappa shape index (κ1) is 21.7. The van der Waals surface area contributed by atoms with E-state index in [9.17, 15) is 9.18 Å². The highest BCUT2D eigenvalue weighted by Gasteiger charge is 2.31. The molecule has 0 saturated carbocycles. The van der Waals surface area contributed by atoms with Crippen LogP contribution in [0.5, 0.6) is 11.5 Å². The summed E-state index contributed by atoms with van der Waals surface area (Å²) in [4.78, 5) is 18.7. The van der Waals surface area contributed by atoms with Crippen LogP contribution in [-0.4, -0.2) is 56.4 Å². The van der Waals surface area contributed by atoms with Gasteiger partial charge >= 0.3 is 0 Å². The van der Waals surface area contributed by atoms with Crippen molar-refractivity contribution in [2.75, 3.05) is 26.3 Å². The summed E-state index contributed by atoms with van der Waals surface area (Å²) in [5.41, 5.74) is 1.94. The van der Waals surface area contributed by atoms with Crippen LogP contribution >= 0.6 is 0 Å². The molecule has 0 amide bonds. The van der Waals surface area contributed by atoms with E-state index in [1.54, 1.807) is 16.8 Å². The van der Waals surface area contributed by atoms with Gasteiger partial charge in [0.1, 0.15) is 25.1 Å². The van der Waals surface area contributed by atoms with Crippen molar-refractivity contribution in [3.05, 3.63) is 75.6 Å². The topological polar surface area (TPSA) is 98.2 Å². The van der Waals surface area contributed by atoms with E-state index >= 15 is 0 Å². The summed E-state index contributed by atoms with van der Waals surface area (Å²) in [6.45, 7) is 3.02. The lowest BCUT2D eigenvalue weighted by Gasteiger charge is -2.33. The Morgan fingerprint density at radius 2 is 1.74 bits per heavy atom. The molecule has 1 saturated heterocycles. The third kappa shape index (κ3) is 4.25. The molecule has 0 unspecified atom stereocenters. The Hall–Kier alpha value is -3.79. The van der Waals surface area contributed by atoms with Crippen molar-refractivity contribution in [2.24, 2.45) is 0 Å². The molecule has 0 spiro atoms. The number of nitrogens with one attached hydrogen (secondary N) is 1. The zero-order valence-corrected chi connectivity index (χ0v) is 19.1. The number of aromatic amines is 1. The van der Waals surface area contributed by atoms with E-state index in [2.05, 4.69) is 25.4 Å². The summed E-state index contributed by atoms with van der Waals surface area (Å²) in [5, 5.41) is 13.4. The van der Waals surface area contributed by atoms with Crippen molar-refractivity contribution in [1.29, 1.82) is 0 Å². The van der Waals surface area contributed by atoms with Gasteiger partial charge in [-0.05, 0) is 66.2 Å². The van der Waals surface area contributed by atoms with Crippen LogP contribution in [0.4, 0.5) is 4.39 Å². The molecule has 0 radical (unpaired) electrons. The normalized spacial score (nSPS) is 16.9. The second-order valence-corrected chi connectivity index (χ2v) is 8.96. The van der Waals surface area contributed by atoms with Crippen molar-refractivity contribution in [3.8, 4) is 11.5 Å². The van der Waals surface area contributed by atoms with E-state index < -0.39 is 6.04 Å². The predicted octanol–water partition coefficient (Wildman–Crippen LogP) is 3.05. The van der Waals surface area contributed by atoms with Crippen LogP contribution in [-0.2, 0) is 6.54 Å². The molecule has 0 aliphatic carbocycles. The van der Waals surface area contributed by atoms with E-state index in [0.717, 1.165) is 43.3 Å². The number of likely N-dealkylation sites (tertiary alicyclic amines) is 1. The minimum Gasteiger partial charge on any atom is -0.486 e. The summed E-state index contributed by atoms with van der Waals surface area (Å²) in [7, 11) is 0. The van der Waals surface area contributed by atoms with Crippen LogP contribution < -0.4 is 15.0 Å². The molecule has 1 N–H and O–H groups in total. The summed E-state index contributed by atoms with van der Waals surface area (Å²) >= 11 is 0. The summed E-state index contributed by atoms with van der Waals surface area (Å²) < 4.78 is 26.5. The number of piperidine rings is 1. The summed E-state index contributed by atoms with van der Waals surface area (Å²) in [5.74, 6) is 1.58. The number of nitrogens with zero attached hydrogens (tertiary/aromatic N) is 5. The van der Waals surface area contributed by atoms with E-state index in [4.69, 9.17) is 9.47 Å². The average molecular weight is 477 g/mol. The van der Waals surface area contributed by atoms with Crippen LogP contribution in [0.25, 0.3) is 10.9 Å². The Kier molecular flexibility index (Phi) is 5.65. The van der Waals surface area contributed by atoms with Gasteiger partial charge in [-0.25, -0.2) is 9.07 Å². The Bertz CT molecular complexity index is 1410. The maximum absolute atomic E-state index is 13.4. The monoisotopic (exact) mass is 476 g/mol. The number of benzene rings is 2. The van der Waals surface area contributed by atoms with Gasteiger partial charge in [0.25, 0.3) is 5.56 Å². The second kappa shape index (κ2) is 9.10. The van der Waals surface area contributed by atoms with Crippen LogP contribution in [0.15, 0.2) is 47.3 Å². The quantitative estimate of drug-likeness (QED) is 0.473. The van der Waals surface area contributed by atoms with Crippen LogP contribution in [0.3, 0.4) is 0 Å². The minimum absolute atomic E-state index is 0.193. The molecule has 2 aromatic heterocycles. The molecule has 0 bridgehead atoms. The standard InChI is InChI=1S/C25H25FN6O3/c26-18-6-4-16(5-7-18)15-32-24(28-29-30-32)23(31-8-2-1-3-9-31)19-12-17-13-21-22(35-11-10-34-21)14-20(17)27-25(19)33/h4-7,12-14,23H,1-3,8-11,15H2,(H,27,33)/t23-/m1/s1. The number of fused-ring (bicyclic) bond motifs is 2. The Morgan fingerprint density at radius 3 is 2.51 bits per heavy atom. The Morgan fingerprint density at radius 1 is 1.00 bits per heavy atom. The minimum atomic E-state index is -0.424. The fourth-order valence-electron chi connectivity index (χ4n) is 4.92. The molecule has 6 rings (SSSR count). The van der Waals surface area contributed by atoms with Gasteiger partial charge in [-0.15, -0.1) is 5.10 Å². The molecular weight excluding hydrogens is 451 g/mol. The molecule has 2 aliphatic heterocycles. The lowest BCUT2D eigenvalue weighted by Crippen LogP contribution is -2.38. The van der Waals surface area contributed by atoms with Crippen molar-refractivity contribution < 1.29 is 13.9 Å². The van der Waals surface area contributed by atoms with Crippen LogP contribution in [0.2, 0.25) is 0 Å². The van der Waals surface area contributed by atoms with Gasteiger partial charge in [-0.2, -0.15) is 0 Å². The van der Waals surface area contributed by atoms with Gasteiger partial charge in [0.15, 0.2) is 17.3 Å².